The smallest absolute Gasteiger partial charge is 0.257 e. The van der Waals surface area contributed by atoms with Gasteiger partial charge >= 0.3 is 0 Å². The van der Waals surface area contributed by atoms with Crippen LogP contribution in [0.25, 0.3) is 0 Å². The Hall–Kier alpha value is -1.62. The summed E-state index contributed by atoms with van der Waals surface area (Å²) in [6.45, 7) is 2.01. The third kappa shape index (κ3) is 2.93. The molecule has 1 rings (SSSR count). The van der Waals surface area contributed by atoms with Crippen molar-refractivity contribution in [1.82, 2.24) is 9.88 Å². The van der Waals surface area contributed by atoms with E-state index in [0.717, 1.165) is 0 Å². The van der Waals surface area contributed by atoms with Gasteiger partial charge in [-0.3, -0.25) is 14.6 Å². The number of pyridine rings is 1. The summed E-state index contributed by atoms with van der Waals surface area (Å²) in [4.78, 5) is 27.8. The van der Waals surface area contributed by atoms with Gasteiger partial charge in [0.1, 0.15) is 0 Å². The average molecular weight is 242 g/mol. The van der Waals surface area contributed by atoms with E-state index in [-0.39, 0.29) is 18.0 Å². The van der Waals surface area contributed by atoms with Gasteiger partial charge in [0, 0.05) is 18.9 Å². The second-order valence-electron chi connectivity index (χ2n) is 3.14. The topological polar surface area (TPSA) is 76.3 Å². The minimum atomic E-state index is -0.560. The normalized spacial score (nSPS) is 9.88. The van der Waals surface area contributed by atoms with Gasteiger partial charge in [0.2, 0.25) is 5.91 Å². The highest BCUT2D eigenvalue weighted by molar-refractivity contribution is 6.33. The zero-order valence-electron chi connectivity index (χ0n) is 8.81. The quantitative estimate of drug-likeness (QED) is 0.842. The molecule has 0 aliphatic carbocycles. The van der Waals surface area contributed by atoms with Crippen LogP contribution in [0.5, 0.6) is 0 Å². The van der Waals surface area contributed by atoms with E-state index >= 15 is 0 Å². The first-order valence-electron chi connectivity index (χ1n) is 4.73. The lowest BCUT2D eigenvalue weighted by Gasteiger charge is -2.19. The number of carbonyl (C=O) groups is 2. The maximum atomic E-state index is 11.9. The highest BCUT2D eigenvalue weighted by atomic mass is 35.5. The fourth-order valence-electron chi connectivity index (χ4n) is 1.22. The maximum absolute atomic E-state index is 11.9. The predicted octanol–water partition coefficient (Wildman–Crippen LogP) is 0.682. The molecule has 0 saturated heterocycles. The predicted molar refractivity (Wildman–Crippen MR) is 60.0 cm³/mol. The molecule has 0 atom stereocenters. The Morgan fingerprint density at radius 1 is 1.56 bits per heavy atom. The van der Waals surface area contributed by atoms with Crippen molar-refractivity contribution in [3.63, 3.8) is 0 Å². The maximum Gasteiger partial charge on any atom is 0.257 e. The van der Waals surface area contributed by atoms with E-state index in [4.69, 9.17) is 17.3 Å². The molecule has 0 saturated carbocycles. The van der Waals surface area contributed by atoms with Crippen LogP contribution in [0.3, 0.4) is 0 Å². The largest absolute Gasteiger partial charge is 0.368 e. The standard InChI is InChI=1S/C10H12ClN3O2/c1-2-14(6-9(12)15)10(16)7-5-13-4-3-8(7)11/h3-5H,2,6H2,1H3,(H2,12,15). The SMILES string of the molecule is CCN(CC(N)=O)C(=O)c1cnccc1Cl. The molecule has 0 radical (unpaired) electrons. The van der Waals surface area contributed by atoms with Crippen LogP contribution < -0.4 is 5.73 Å². The Kier molecular flexibility index (Phi) is 4.25. The zero-order valence-corrected chi connectivity index (χ0v) is 9.57. The van der Waals surface area contributed by atoms with E-state index in [1.807, 2.05) is 0 Å². The molecule has 0 aliphatic heterocycles. The fourth-order valence-corrected chi connectivity index (χ4v) is 1.41. The minimum Gasteiger partial charge on any atom is -0.368 e. The monoisotopic (exact) mass is 241 g/mol. The second kappa shape index (κ2) is 5.46. The zero-order chi connectivity index (χ0) is 12.1. The molecule has 0 unspecified atom stereocenters. The summed E-state index contributed by atoms with van der Waals surface area (Å²) in [5.74, 6) is -0.908. The van der Waals surface area contributed by atoms with Crippen LogP contribution in [0.4, 0.5) is 0 Å². The first-order chi connectivity index (χ1) is 7.56. The Bertz CT molecular complexity index is 409. The van der Waals surface area contributed by atoms with Gasteiger partial charge in [-0.25, -0.2) is 0 Å². The number of nitrogens with two attached hydrogens (primary N) is 1. The summed E-state index contributed by atoms with van der Waals surface area (Å²) >= 11 is 5.85. The first kappa shape index (κ1) is 12.4. The third-order valence-corrected chi connectivity index (χ3v) is 2.34. The minimum absolute atomic E-state index is 0.124. The van der Waals surface area contributed by atoms with Crippen molar-refractivity contribution < 1.29 is 9.59 Å². The Labute approximate surface area is 98.2 Å². The van der Waals surface area contributed by atoms with Crippen LogP contribution in [0.15, 0.2) is 18.5 Å². The number of hydrogen-bond acceptors (Lipinski definition) is 3. The van der Waals surface area contributed by atoms with E-state index < -0.39 is 5.91 Å². The number of halogens is 1. The van der Waals surface area contributed by atoms with Crippen molar-refractivity contribution >= 4 is 23.4 Å². The van der Waals surface area contributed by atoms with Crippen molar-refractivity contribution in [2.45, 2.75) is 6.92 Å². The number of amides is 2. The summed E-state index contributed by atoms with van der Waals surface area (Å²) in [6, 6.07) is 1.52. The number of primary amides is 1. The lowest BCUT2D eigenvalue weighted by Crippen LogP contribution is -2.38. The number of aromatic nitrogens is 1. The highest BCUT2D eigenvalue weighted by Crippen LogP contribution is 2.15. The van der Waals surface area contributed by atoms with Crippen LogP contribution in [0, 0.1) is 0 Å². The van der Waals surface area contributed by atoms with Gasteiger partial charge < -0.3 is 10.6 Å². The molecule has 16 heavy (non-hydrogen) atoms. The molecule has 0 aliphatic rings. The molecule has 1 heterocycles. The molecular weight excluding hydrogens is 230 g/mol. The van der Waals surface area contributed by atoms with E-state index in [1.165, 1.54) is 23.4 Å². The van der Waals surface area contributed by atoms with Crippen molar-refractivity contribution in [3.05, 3.63) is 29.0 Å². The summed E-state index contributed by atoms with van der Waals surface area (Å²) in [7, 11) is 0. The molecule has 5 nitrogen and oxygen atoms in total. The molecule has 86 valence electrons. The van der Waals surface area contributed by atoms with Gasteiger partial charge in [-0.15, -0.1) is 0 Å². The lowest BCUT2D eigenvalue weighted by atomic mass is 10.2. The van der Waals surface area contributed by atoms with Crippen molar-refractivity contribution in [2.75, 3.05) is 13.1 Å². The van der Waals surface area contributed by atoms with Gasteiger partial charge in [0.15, 0.2) is 0 Å². The van der Waals surface area contributed by atoms with Crippen LogP contribution in [-0.4, -0.2) is 34.8 Å². The van der Waals surface area contributed by atoms with Crippen LogP contribution >= 0.6 is 11.6 Å². The summed E-state index contributed by atoms with van der Waals surface area (Å²) in [5.41, 5.74) is 5.31. The fraction of sp³-hybridized carbons (Fsp3) is 0.300. The molecule has 6 heteroatoms. The Morgan fingerprint density at radius 3 is 2.75 bits per heavy atom. The lowest BCUT2D eigenvalue weighted by molar-refractivity contribution is -0.118. The van der Waals surface area contributed by atoms with Crippen LogP contribution in [0.1, 0.15) is 17.3 Å². The molecule has 1 aromatic heterocycles. The third-order valence-electron chi connectivity index (χ3n) is 2.01. The molecule has 2 amide bonds. The van der Waals surface area contributed by atoms with Crippen LogP contribution in [0.2, 0.25) is 5.02 Å². The Balaban J connectivity index is 2.91. The molecular formula is C10H12ClN3O2. The second-order valence-corrected chi connectivity index (χ2v) is 3.55. The highest BCUT2D eigenvalue weighted by Gasteiger charge is 2.18. The molecule has 0 spiro atoms. The molecule has 0 aromatic carbocycles. The number of carbonyl (C=O) groups excluding carboxylic acids is 2. The summed E-state index contributed by atoms with van der Waals surface area (Å²) < 4.78 is 0. The number of hydrogen-bond donors (Lipinski definition) is 1. The van der Waals surface area contributed by atoms with Gasteiger partial charge in [0.25, 0.3) is 5.91 Å². The molecule has 2 N–H and O–H groups in total. The molecule has 0 fully saturated rings. The van der Waals surface area contributed by atoms with E-state index in [9.17, 15) is 9.59 Å². The van der Waals surface area contributed by atoms with E-state index in [1.54, 1.807) is 6.92 Å². The van der Waals surface area contributed by atoms with E-state index in [2.05, 4.69) is 4.98 Å². The van der Waals surface area contributed by atoms with Crippen molar-refractivity contribution in [3.8, 4) is 0 Å². The molecule has 1 aromatic rings. The summed E-state index contributed by atoms with van der Waals surface area (Å²) in [5, 5.41) is 0.308. The number of rotatable bonds is 4. The Morgan fingerprint density at radius 2 is 2.25 bits per heavy atom. The summed E-state index contributed by atoms with van der Waals surface area (Å²) in [6.07, 6.45) is 2.86. The number of likely N-dealkylation sites (N-methyl/N-ethyl adjacent to an activating group) is 1. The van der Waals surface area contributed by atoms with Crippen molar-refractivity contribution in [2.24, 2.45) is 5.73 Å². The van der Waals surface area contributed by atoms with E-state index in [0.29, 0.717) is 11.6 Å². The first-order valence-corrected chi connectivity index (χ1v) is 5.11. The van der Waals surface area contributed by atoms with Gasteiger partial charge in [0.05, 0.1) is 17.1 Å². The van der Waals surface area contributed by atoms with Crippen molar-refractivity contribution in [1.29, 1.82) is 0 Å². The van der Waals surface area contributed by atoms with Crippen LogP contribution in [-0.2, 0) is 4.79 Å². The van der Waals surface area contributed by atoms with Gasteiger partial charge in [-0.1, -0.05) is 11.6 Å². The average Bonchev–Trinajstić information content (AvgIpc) is 2.25. The van der Waals surface area contributed by atoms with Gasteiger partial charge in [-0.05, 0) is 13.0 Å². The molecule has 0 bridgehead atoms. The van der Waals surface area contributed by atoms with Gasteiger partial charge in [-0.2, -0.15) is 0 Å². The number of nitrogens with zero attached hydrogens (tertiary/aromatic N) is 2.